The van der Waals surface area contributed by atoms with Crippen molar-refractivity contribution in [1.82, 2.24) is 0 Å². The van der Waals surface area contributed by atoms with E-state index in [-0.39, 0.29) is 29.5 Å². The first-order chi connectivity index (χ1) is 15.4. The maximum atomic E-state index is 11.2. The molecule has 1 fully saturated rings. The minimum Gasteiger partial charge on any atom is -0.480 e. The lowest BCUT2D eigenvalue weighted by molar-refractivity contribution is -0.139. The van der Waals surface area contributed by atoms with Crippen LogP contribution >= 0.6 is 11.6 Å². The van der Waals surface area contributed by atoms with Gasteiger partial charge in [0.05, 0.1) is 17.2 Å². The summed E-state index contributed by atoms with van der Waals surface area (Å²) in [5.74, 6) is -0.408. The molecule has 0 aliphatic carbocycles. The zero-order valence-electron chi connectivity index (χ0n) is 20.4. The van der Waals surface area contributed by atoms with E-state index < -0.39 is 12.6 Å². The average molecular weight is 471 g/mol. The van der Waals surface area contributed by atoms with Crippen molar-refractivity contribution in [2.45, 2.75) is 71.5 Å². The van der Waals surface area contributed by atoms with E-state index in [0.29, 0.717) is 10.8 Å². The predicted molar refractivity (Wildman–Crippen MR) is 133 cm³/mol. The molecule has 0 unspecified atom stereocenters. The van der Waals surface area contributed by atoms with Crippen LogP contribution in [-0.2, 0) is 14.9 Å². The van der Waals surface area contributed by atoms with Gasteiger partial charge in [-0.05, 0) is 55.9 Å². The topological polar surface area (TPSA) is 55.8 Å². The zero-order valence-corrected chi connectivity index (χ0v) is 21.2. The number of benzene rings is 2. The SMILES string of the molecule is C=C(C)[C@H]1C[C@H](c2ccc(C)cc2)[C@H](C)O[C@@H]1c1cc(C(C)(C)C)cc(Cl)c1OCC(=O)O. The van der Waals surface area contributed by atoms with Gasteiger partial charge in [0.2, 0.25) is 0 Å². The fourth-order valence-corrected chi connectivity index (χ4v) is 4.81. The molecular weight excluding hydrogens is 436 g/mol. The molecule has 0 radical (unpaired) electrons. The van der Waals surface area contributed by atoms with Crippen LogP contribution in [0.3, 0.4) is 0 Å². The number of carboxylic acid groups (broad SMARTS) is 1. The Bertz CT molecular complexity index is 1020. The molecule has 3 rings (SSSR count). The van der Waals surface area contributed by atoms with Gasteiger partial charge in [-0.15, -0.1) is 0 Å². The third kappa shape index (κ3) is 5.80. The molecule has 4 atom stereocenters. The van der Waals surface area contributed by atoms with Crippen molar-refractivity contribution in [2.24, 2.45) is 5.92 Å². The molecule has 1 heterocycles. The highest BCUT2D eigenvalue weighted by atomic mass is 35.5. The van der Waals surface area contributed by atoms with Crippen LogP contribution < -0.4 is 4.74 Å². The molecule has 2 aromatic rings. The number of hydrogen-bond acceptors (Lipinski definition) is 3. The summed E-state index contributed by atoms with van der Waals surface area (Å²) in [7, 11) is 0. The first-order valence-electron chi connectivity index (χ1n) is 11.4. The Labute approximate surface area is 202 Å². The van der Waals surface area contributed by atoms with Crippen molar-refractivity contribution in [3.05, 3.63) is 75.8 Å². The average Bonchev–Trinajstić information content (AvgIpc) is 2.72. The van der Waals surface area contributed by atoms with Crippen LogP contribution in [0, 0.1) is 12.8 Å². The van der Waals surface area contributed by atoms with Gasteiger partial charge in [-0.2, -0.15) is 0 Å². The number of ether oxygens (including phenoxy) is 2. The number of rotatable bonds is 6. The second-order valence-corrected chi connectivity index (χ2v) is 10.7. The van der Waals surface area contributed by atoms with Gasteiger partial charge in [0, 0.05) is 17.4 Å². The fraction of sp³-hybridized carbons (Fsp3) is 0.464. The summed E-state index contributed by atoms with van der Waals surface area (Å²) < 4.78 is 12.4. The van der Waals surface area contributed by atoms with Crippen LogP contribution in [0.25, 0.3) is 0 Å². The van der Waals surface area contributed by atoms with E-state index in [1.165, 1.54) is 11.1 Å². The Kier molecular flexibility index (Phi) is 7.60. The van der Waals surface area contributed by atoms with Crippen molar-refractivity contribution < 1.29 is 19.4 Å². The number of hydrogen-bond donors (Lipinski definition) is 1. The Morgan fingerprint density at radius 2 is 1.88 bits per heavy atom. The van der Waals surface area contributed by atoms with Gasteiger partial charge in [-0.25, -0.2) is 4.79 Å². The molecular formula is C28H35ClO4. The number of carboxylic acids is 1. The largest absolute Gasteiger partial charge is 0.480 e. The summed E-state index contributed by atoms with van der Waals surface area (Å²) in [6.07, 6.45) is 0.500. The van der Waals surface area contributed by atoms with Gasteiger partial charge in [0.25, 0.3) is 0 Å². The van der Waals surface area contributed by atoms with Gasteiger partial charge in [0.15, 0.2) is 6.61 Å². The number of halogens is 1. The molecule has 1 aliphatic rings. The van der Waals surface area contributed by atoms with Gasteiger partial charge < -0.3 is 14.6 Å². The van der Waals surface area contributed by atoms with E-state index in [9.17, 15) is 9.90 Å². The molecule has 33 heavy (non-hydrogen) atoms. The molecule has 0 bridgehead atoms. The number of carbonyl (C=O) groups is 1. The zero-order chi connectivity index (χ0) is 24.5. The molecule has 1 saturated heterocycles. The fourth-order valence-electron chi connectivity index (χ4n) is 4.53. The molecule has 4 nitrogen and oxygen atoms in total. The molecule has 5 heteroatoms. The summed E-state index contributed by atoms with van der Waals surface area (Å²) in [5.41, 5.74) is 5.18. The highest BCUT2D eigenvalue weighted by Gasteiger charge is 2.40. The Morgan fingerprint density at radius 1 is 1.24 bits per heavy atom. The minimum absolute atomic E-state index is 0.0333. The Morgan fingerprint density at radius 3 is 2.42 bits per heavy atom. The second kappa shape index (κ2) is 9.90. The summed E-state index contributed by atoms with van der Waals surface area (Å²) in [5, 5.41) is 9.60. The van der Waals surface area contributed by atoms with E-state index in [4.69, 9.17) is 21.1 Å². The second-order valence-electron chi connectivity index (χ2n) is 10.3. The quantitative estimate of drug-likeness (QED) is 0.452. The van der Waals surface area contributed by atoms with Crippen LogP contribution in [0.15, 0.2) is 48.6 Å². The summed E-state index contributed by atoms with van der Waals surface area (Å²) in [6.45, 7) is 16.4. The van der Waals surface area contributed by atoms with Crippen molar-refractivity contribution in [3.8, 4) is 5.75 Å². The summed E-state index contributed by atoms with van der Waals surface area (Å²) >= 11 is 6.65. The number of aryl methyl sites for hydroxylation is 1. The summed E-state index contributed by atoms with van der Waals surface area (Å²) in [6, 6.07) is 12.5. The molecule has 2 aromatic carbocycles. The molecule has 0 amide bonds. The van der Waals surface area contributed by atoms with Gasteiger partial charge in [-0.3, -0.25) is 0 Å². The van der Waals surface area contributed by atoms with Gasteiger partial charge in [-0.1, -0.05) is 74.4 Å². The first-order valence-corrected chi connectivity index (χ1v) is 11.8. The summed E-state index contributed by atoms with van der Waals surface area (Å²) in [4.78, 5) is 11.2. The van der Waals surface area contributed by atoms with Crippen molar-refractivity contribution in [2.75, 3.05) is 6.61 Å². The maximum Gasteiger partial charge on any atom is 0.341 e. The lowest BCUT2D eigenvalue weighted by Crippen LogP contribution is -2.35. The molecule has 0 aromatic heterocycles. The monoisotopic (exact) mass is 470 g/mol. The standard InChI is InChI=1S/C28H35ClO4/c1-16(2)21-14-22(19-10-8-17(3)9-11-19)18(4)33-26(21)23-12-20(28(5,6)7)13-24(29)27(23)32-15-25(30)31/h8-13,18,21-22,26H,1,14-15H2,2-7H3,(H,30,31)/t18-,21+,22-,26-/m0/s1. The van der Waals surface area contributed by atoms with Crippen LogP contribution in [0.4, 0.5) is 0 Å². The molecule has 178 valence electrons. The van der Waals surface area contributed by atoms with Crippen LogP contribution in [0.2, 0.25) is 5.02 Å². The van der Waals surface area contributed by atoms with Crippen LogP contribution in [0.5, 0.6) is 5.75 Å². The van der Waals surface area contributed by atoms with Crippen molar-refractivity contribution in [3.63, 3.8) is 0 Å². The van der Waals surface area contributed by atoms with E-state index in [1.807, 2.05) is 13.0 Å². The smallest absolute Gasteiger partial charge is 0.341 e. The van der Waals surface area contributed by atoms with Crippen LogP contribution in [0.1, 0.15) is 75.3 Å². The van der Waals surface area contributed by atoms with Crippen molar-refractivity contribution >= 4 is 17.6 Å². The predicted octanol–water partition coefficient (Wildman–Crippen LogP) is 7.24. The lowest BCUT2D eigenvalue weighted by atomic mass is 9.75. The third-order valence-electron chi connectivity index (χ3n) is 6.52. The first kappa shape index (κ1) is 25.3. The van der Waals surface area contributed by atoms with Crippen LogP contribution in [-0.4, -0.2) is 23.8 Å². The van der Waals surface area contributed by atoms with Crippen molar-refractivity contribution in [1.29, 1.82) is 0 Å². The van der Waals surface area contributed by atoms with Gasteiger partial charge >= 0.3 is 5.97 Å². The van der Waals surface area contributed by atoms with Gasteiger partial charge in [0.1, 0.15) is 5.75 Å². The molecule has 1 N–H and O–H groups in total. The normalized spacial score (nSPS) is 23.2. The number of aliphatic carboxylic acids is 1. The molecule has 0 saturated carbocycles. The Balaban J connectivity index is 2.07. The Hall–Kier alpha value is -2.30. The lowest BCUT2D eigenvalue weighted by Gasteiger charge is -2.42. The van der Waals surface area contributed by atoms with E-state index >= 15 is 0 Å². The van der Waals surface area contributed by atoms with E-state index in [1.54, 1.807) is 0 Å². The minimum atomic E-state index is -1.05. The molecule has 0 spiro atoms. The molecule has 1 aliphatic heterocycles. The highest BCUT2D eigenvalue weighted by molar-refractivity contribution is 6.32. The maximum absolute atomic E-state index is 11.2. The highest BCUT2D eigenvalue weighted by Crippen LogP contribution is 2.50. The van der Waals surface area contributed by atoms with E-state index in [2.05, 4.69) is 71.5 Å². The van der Waals surface area contributed by atoms with E-state index in [0.717, 1.165) is 23.1 Å². The third-order valence-corrected chi connectivity index (χ3v) is 6.81.